The van der Waals surface area contributed by atoms with Gasteiger partial charge in [-0.25, -0.2) is 4.79 Å². The molecule has 0 aliphatic heterocycles. The molecule has 0 atom stereocenters. The summed E-state index contributed by atoms with van der Waals surface area (Å²) in [4.78, 5) is 10.9. The highest BCUT2D eigenvalue weighted by Gasteiger charge is 2.28. The summed E-state index contributed by atoms with van der Waals surface area (Å²) >= 11 is 0. The van der Waals surface area contributed by atoms with Crippen LogP contribution in [0.5, 0.6) is 0 Å². The first-order chi connectivity index (χ1) is 6.65. The van der Waals surface area contributed by atoms with E-state index < -0.39 is 5.97 Å². The largest absolute Gasteiger partial charge is 0.478 e. The van der Waals surface area contributed by atoms with E-state index in [0.29, 0.717) is 11.6 Å². The quantitative estimate of drug-likeness (QED) is 0.800. The van der Waals surface area contributed by atoms with Gasteiger partial charge in [-0.15, -0.1) is 0 Å². The van der Waals surface area contributed by atoms with Crippen molar-refractivity contribution < 1.29 is 9.90 Å². The van der Waals surface area contributed by atoms with Crippen molar-refractivity contribution in [1.82, 2.24) is 4.57 Å². The fraction of sp³-hybridized carbons (Fsp3) is 0.545. The molecule has 0 bridgehead atoms. The second-order valence-electron chi connectivity index (χ2n) is 3.89. The highest BCUT2D eigenvalue weighted by molar-refractivity contribution is 5.89. The Morgan fingerprint density at radius 3 is 2.71 bits per heavy atom. The molecule has 1 aliphatic rings. The number of aryl methyl sites for hydroxylation is 1. The Bertz CT molecular complexity index is 375. The van der Waals surface area contributed by atoms with E-state index in [2.05, 4.69) is 11.5 Å². The lowest BCUT2D eigenvalue weighted by molar-refractivity contribution is 0.0696. The van der Waals surface area contributed by atoms with Crippen LogP contribution >= 0.6 is 0 Å². The Labute approximate surface area is 83.4 Å². The summed E-state index contributed by atoms with van der Waals surface area (Å²) in [5.74, 6) is -0.809. The van der Waals surface area contributed by atoms with Crippen molar-refractivity contribution in [2.45, 2.75) is 39.2 Å². The summed E-state index contributed by atoms with van der Waals surface area (Å²) in [7, 11) is 0. The minimum Gasteiger partial charge on any atom is -0.478 e. The molecule has 0 amide bonds. The fourth-order valence-electron chi connectivity index (χ4n) is 2.02. The average molecular weight is 193 g/mol. The van der Waals surface area contributed by atoms with E-state index in [1.165, 1.54) is 12.8 Å². The summed E-state index contributed by atoms with van der Waals surface area (Å²) in [5.41, 5.74) is 2.54. The number of aromatic nitrogens is 1. The molecule has 3 heteroatoms. The van der Waals surface area contributed by atoms with Crippen LogP contribution in [0.1, 0.15) is 47.6 Å². The first-order valence-corrected chi connectivity index (χ1v) is 5.09. The summed E-state index contributed by atoms with van der Waals surface area (Å²) < 4.78 is 2.20. The Morgan fingerprint density at radius 2 is 2.29 bits per heavy atom. The van der Waals surface area contributed by atoms with Gasteiger partial charge in [0.15, 0.2) is 0 Å². The van der Waals surface area contributed by atoms with Gasteiger partial charge >= 0.3 is 5.97 Å². The molecule has 3 nitrogen and oxygen atoms in total. The third-order valence-electron chi connectivity index (χ3n) is 2.88. The third kappa shape index (κ3) is 1.33. The molecular formula is C11H15NO2. The number of nitrogens with zero attached hydrogens (tertiary/aromatic N) is 1. The minimum absolute atomic E-state index is 0.466. The van der Waals surface area contributed by atoms with Gasteiger partial charge in [0.2, 0.25) is 0 Å². The van der Waals surface area contributed by atoms with Gasteiger partial charge in [0, 0.05) is 17.4 Å². The summed E-state index contributed by atoms with van der Waals surface area (Å²) in [6, 6.07) is 2.38. The molecule has 1 heterocycles. The lowest BCUT2D eigenvalue weighted by Gasteiger charge is -2.08. The van der Waals surface area contributed by atoms with E-state index in [4.69, 9.17) is 5.11 Å². The molecule has 1 saturated carbocycles. The van der Waals surface area contributed by atoms with E-state index in [-0.39, 0.29) is 0 Å². The number of carboxylic acids is 1. The Balaban J connectivity index is 2.50. The van der Waals surface area contributed by atoms with Gasteiger partial charge in [0.25, 0.3) is 0 Å². The van der Waals surface area contributed by atoms with E-state index in [1.54, 1.807) is 0 Å². The van der Waals surface area contributed by atoms with Crippen LogP contribution in [0.3, 0.4) is 0 Å². The summed E-state index contributed by atoms with van der Waals surface area (Å²) in [6.07, 6.45) is 3.30. The Hall–Kier alpha value is -1.25. The highest BCUT2D eigenvalue weighted by Crippen LogP contribution is 2.38. The molecule has 0 unspecified atom stereocenters. The molecule has 1 fully saturated rings. The second kappa shape index (κ2) is 3.15. The van der Waals surface area contributed by atoms with Gasteiger partial charge in [0.1, 0.15) is 0 Å². The highest BCUT2D eigenvalue weighted by atomic mass is 16.4. The molecule has 2 rings (SSSR count). The zero-order valence-corrected chi connectivity index (χ0v) is 8.58. The smallest absolute Gasteiger partial charge is 0.337 e. The first kappa shape index (κ1) is 9.31. The van der Waals surface area contributed by atoms with Gasteiger partial charge in [-0.1, -0.05) is 6.92 Å². The number of hydrogen-bond acceptors (Lipinski definition) is 1. The maximum atomic E-state index is 10.9. The number of rotatable bonds is 3. The van der Waals surface area contributed by atoms with Crippen molar-refractivity contribution in [2.24, 2.45) is 0 Å². The zero-order chi connectivity index (χ0) is 10.3. The fourth-order valence-corrected chi connectivity index (χ4v) is 2.02. The van der Waals surface area contributed by atoms with Gasteiger partial charge in [-0.2, -0.15) is 0 Å². The summed E-state index contributed by atoms with van der Waals surface area (Å²) in [6.45, 7) is 3.97. The molecule has 0 saturated heterocycles. The molecule has 76 valence electrons. The second-order valence-corrected chi connectivity index (χ2v) is 3.89. The molecule has 0 aromatic carbocycles. The van der Waals surface area contributed by atoms with Crippen LogP contribution in [0.4, 0.5) is 0 Å². The van der Waals surface area contributed by atoms with Crippen LogP contribution in [0.2, 0.25) is 0 Å². The monoisotopic (exact) mass is 193 g/mol. The maximum absolute atomic E-state index is 10.9. The van der Waals surface area contributed by atoms with Crippen molar-refractivity contribution in [3.05, 3.63) is 23.0 Å². The van der Waals surface area contributed by atoms with Crippen LogP contribution in [-0.2, 0) is 6.42 Å². The first-order valence-electron chi connectivity index (χ1n) is 5.09. The molecular weight excluding hydrogens is 178 g/mol. The van der Waals surface area contributed by atoms with Gasteiger partial charge in [0.05, 0.1) is 5.56 Å². The predicted molar refractivity (Wildman–Crippen MR) is 53.8 cm³/mol. The number of hydrogen-bond donors (Lipinski definition) is 1. The van der Waals surface area contributed by atoms with Gasteiger partial charge in [-0.05, 0) is 32.3 Å². The Kier molecular flexibility index (Phi) is 2.10. The van der Waals surface area contributed by atoms with Crippen molar-refractivity contribution >= 4 is 5.97 Å². The van der Waals surface area contributed by atoms with Crippen molar-refractivity contribution in [3.63, 3.8) is 0 Å². The van der Waals surface area contributed by atoms with E-state index in [9.17, 15) is 4.79 Å². The van der Waals surface area contributed by atoms with Crippen molar-refractivity contribution in [2.75, 3.05) is 0 Å². The van der Waals surface area contributed by atoms with E-state index in [0.717, 1.165) is 17.8 Å². The zero-order valence-electron chi connectivity index (χ0n) is 8.58. The van der Waals surface area contributed by atoms with Crippen LogP contribution < -0.4 is 0 Å². The van der Waals surface area contributed by atoms with Gasteiger partial charge in [-0.3, -0.25) is 0 Å². The third-order valence-corrected chi connectivity index (χ3v) is 2.88. The molecule has 1 aromatic rings. The Morgan fingerprint density at radius 1 is 1.64 bits per heavy atom. The molecule has 1 N–H and O–H groups in total. The molecule has 0 spiro atoms. The van der Waals surface area contributed by atoms with E-state index >= 15 is 0 Å². The average Bonchev–Trinajstić information content (AvgIpc) is 2.90. The molecule has 14 heavy (non-hydrogen) atoms. The lowest BCUT2D eigenvalue weighted by Crippen LogP contribution is -2.03. The van der Waals surface area contributed by atoms with Crippen molar-refractivity contribution in [3.8, 4) is 0 Å². The van der Waals surface area contributed by atoms with Gasteiger partial charge < -0.3 is 9.67 Å². The molecule has 1 aromatic heterocycles. The number of carboxylic acid groups (broad SMARTS) is 1. The standard InChI is InChI=1S/C11H15NO2/c1-3-8-6-10(11(13)14)7(2)12(8)9-4-5-9/h6,9H,3-5H2,1-2H3,(H,13,14). The van der Waals surface area contributed by atoms with Crippen LogP contribution in [-0.4, -0.2) is 15.6 Å². The SMILES string of the molecule is CCc1cc(C(=O)O)c(C)n1C1CC1. The minimum atomic E-state index is -0.809. The van der Waals surface area contributed by atoms with Crippen molar-refractivity contribution in [1.29, 1.82) is 0 Å². The predicted octanol–water partition coefficient (Wildman–Crippen LogP) is 2.39. The maximum Gasteiger partial charge on any atom is 0.337 e. The van der Waals surface area contributed by atoms with Crippen LogP contribution in [0.15, 0.2) is 6.07 Å². The van der Waals surface area contributed by atoms with Crippen LogP contribution in [0.25, 0.3) is 0 Å². The normalized spacial score (nSPS) is 15.9. The number of carbonyl (C=O) groups is 1. The summed E-state index contributed by atoms with van der Waals surface area (Å²) in [5, 5.41) is 8.99. The van der Waals surface area contributed by atoms with Crippen LogP contribution in [0, 0.1) is 6.92 Å². The lowest BCUT2D eigenvalue weighted by atomic mass is 10.2. The molecule has 0 radical (unpaired) electrons. The van der Waals surface area contributed by atoms with E-state index in [1.807, 2.05) is 13.0 Å². The topological polar surface area (TPSA) is 42.2 Å². The number of aromatic carboxylic acids is 1. The molecule has 1 aliphatic carbocycles.